The molecule has 1 aromatic carbocycles. The molecule has 1 N–H and O–H groups in total. The number of piperidine rings is 2. The summed E-state index contributed by atoms with van der Waals surface area (Å²) in [6, 6.07) is 6.98. The highest BCUT2D eigenvalue weighted by Gasteiger charge is 2.29. The van der Waals surface area contributed by atoms with Crippen LogP contribution in [0.1, 0.15) is 47.4 Å². The number of aryl methyl sites for hydroxylation is 2. The summed E-state index contributed by atoms with van der Waals surface area (Å²) in [4.78, 5) is 17.9. The maximum Gasteiger partial charge on any atom is 0.287 e. The number of nitrogens with zero attached hydrogens (tertiary/aromatic N) is 2. The Morgan fingerprint density at radius 1 is 1.15 bits per heavy atom. The summed E-state index contributed by atoms with van der Waals surface area (Å²) in [6.07, 6.45) is 4.67. The van der Waals surface area contributed by atoms with E-state index in [-0.39, 0.29) is 11.9 Å². The molecule has 2 aliphatic heterocycles. The Bertz CT molecular complexity index is 820. The monoisotopic (exact) mass is 369 g/mol. The normalized spacial score (nSPS) is 23.0. The molecule has 0 aliphatic carbocycles. The molecule has 1 atom stereocenters. The van der Waals surface area contributed by atoms with Crippen LogP contribution in [-0.4, -0.2) is 61.0 Å². The highest BCUT2D eigenvalue weighted by atomic mass is 16.3. The maximum atomic E-state index is 12.9. The average Bonchev–Trinajstić information content (AvgIpc) is 2.98. The Morgan fingerprint density at radius 3 is 2.70 bits per heavy atom. The first kappa shape index (κ1) is 18.5. The Balaban J connectivity index is 1.42. The molecule has 1 aromatic heterocycles. The zero-order valence-corrected chi connectivity index (χ0v) is 16.8. The zero-order valence-electron chi connectivity index (χ0n) is 16.8. The van der Waals surface area contributed by atoms with Gasteiger partial charge in [0.15, 0.2) is 5.76 Å². The summed E-state index contributed by atoms with van der Waals surface area (Å²) in [5, 5.41) is 4.27. The summed E-state index contributed by atoms with van der Waals surface area (Å²) in [7, 11) is 2.20. The van der Waals surface area contributed by atoms with Crippen molar-refractivity contribution < 1.29 is 9.21 Å². The van der Waals surface area contributed by atoms with Gasteiger partial charge in [0.05, 0.1) is 0 Å². The van der Waals surface area contributed by atoms with Gasteiger partial charge in [0.1, 0.15) is 5.58 Å². The molecule has 0 radical (unpaired) electrons. The number of hydrogen-bond acceptors (Lipinski definition) is 4. The minimum absolute atomic E-state index is 0.0726. The largest absolute Gasteiger partial charge is 0.451 e. The van der Waals surface area contributed by atoms with Crippen LogP contribution in [0.3, 0.4) is 0 Å². The molecule has 2 fully saturated rings. The van der Waals surface area contributed by atoms with Gasteiger partial charge in [0.2, 0.25) is 0 Å². The van der Waals surface area contributed by atoms with E-state index in [2.05, 4.69) is 28.2 Å². The highest BCUT2D eigenvalue weighted by molar-refractivity contribution is 5.99. The van der Waals surface area contributed by atoms with Crippen molar-refractivity contribution in [2.75, 3.05) is 33.2 Å². The number of likely N-dealkylation sites (tertiary alicyclic amines) is 2. The molecular weight excluding hydrogens is 338 g/mol. The standard InChI is InChI=1S/C22H31N3O2/c1-15-6-7-19-16(2)21(27-20(19)13-15)22(26)23-17-5-4-10-25(14-17)18-8-11-24(3)12-9-18/h6-7,13,17-18H,4-5,8-12,14H2,1-3H3,(H,23,26). The molecule has 3 heterocycles. The lowest BCUT2D eigenvalue weighted by Crippen LogP contribution is -2.53. The molecule has 1 unspecified atom stereocenters. The second-order valence-electron chi connectivity index (χ2n) is 8.40. The van der Waals surface area contributed by atoms with Crippen LogP contribution in [0.25, 0.3) is 11.0 Å². The lowest BCUT2D eigenvalue weighted by molar-refractivity contribution is 0.0750. The number of carbonyl (C=O) groups excluding carboxylic acids is 1. The number of carbonyl (C=O) groups is 1. The minimum Gasteiger partial charge on any atom is -0.451 e. The minimum atomic E-state index is -0.0726. The van der Waals surface area contributed by atoms with E-state index in [1.165, 1.54) is 25.9 Å². The molecule has 2 saturated heterocycles. The predicted molar refractivity (Wildman–Crippen MR) is 108 cm³/mol. The first-order valence-corrected chi connectivity index (χ1v) is 10.2. The van der Waals surface area contributed by atoms with Gasteiger partial charge in [0, 0.05) is 29.6 Å². The fourth-order valence-electron chi connectivity index (χ4n) is 4.62. The van der Waals surface area contributed by atoms with Gasteiger partial charge >= 0.3 is 0 Å². The molecule has 0 saturated carbocycles. The summed E-state index contributed by atoms with van der Waals surface area (Å²) < 4.78 is 5.91. The van der Waals surface area contributed by atoms with Crippen molar-refractivity contribution in [1.29, 1.82) is 0 Å². The van der Waals surface area contributed by atoms with E-state index in [0.717, 1.165) is 48.0 Å². The number of amides is 1. The van der Waals surface area contributed by atoms with Crippen LogP contribution in [0.2, 0.25) is 0 Å². The van der Waals surface area contributed by atoms with E-state index in [1.54, 1.807) is 0 Å². The van der Waals surface area contributed by atoms with Crippen molar-refractivity contribution in [2.24, 2.45) is 0 Å². The first-order chi connectivity index (χ1) is 13.0. The quantitative estimate of drug-likeness (QED) is 0.901. The summed E-state index contributed by atoms with van der Waals surface area (Å²) in [6.45, 7) is 8.48. The Labute approximate surface area is 161 Å². The van der Waals surface area contributed by atoms with Crippen molar-refractivity contribution in [2.45, 2.75) is 51.6 Å². The van der Waals surface area contributed by atoms with Crippen LogP contribution >= 0.6 is 0 Å². The van der Waals surface area contributed by atoms with Crippen LogP contribution in [0.15, 0.2) is 22.6 Å². The van der Waals surface area contributed by atoms with Crippen LogP contribution in [0, 0.1) is 13.8 Å². The molecule has 1 amide bonds. The first-order valence-electron chi connectivity index (χ1n) is 10.2. The van der Waals surface area contributed by atoms with Crippen molar-refractivity contribution in [1.82, 2.24) is 15.1 Å². The molecule has 2 aliphatic rings. The van der Waals surface area contributed by atoms with Crippen molar-refractivity contribution in [3.05, 3.63) is 35.1 Å². The van der Waals surface area contributed by atoms with E-state index < -0.39 is 0 Å². The average molecular weight is 370 g/mol. The third kappa shape index (κ3) is 3.90. The van der Waals surface area contributed by atoms with Gasteiger partial charge in [-0.3, -0.25) is 9.69 Å². The van der Waals surface area contributed by atoms with E-state index in [1.807, 2.05) is 26.0 Å². The summed E-state index contributed by atoms with van der Waals surface area (Å²) >= 11 is 0. The smallest absolute Gasteiger partial charge is 0.287 e. The van der Waals surface area contributed by atoms with Gasteiger partial charge in [0.25, 0.3) is 5.91 Å². The lowest BCUT2D eigenvalue weighted by Gasteiger charge is -2.41. The molecule has 146 valence electrons. The second kappa shape index (κ2) is 7.64. The predicted octanol–water partition coefficient (Wildman–Crippen LogP) is 3.34. The lowest BCUT2D eigenvalue weighted by atomic mass is 9.98. The SMILES string of the molecule is Cc1ccc2c(C)c(C(=O)NC3CCCN(C4CCN(C)CC4)C3)oc2c1. The van der Waals surface area contributed by atoms with E-state index in [9.17, 15) is 4.79 Å². The molecule has 27 heavy (non-hydrogen) atoms. The van der Waals surface area contributed by atoms with Crippen LogP contribution in [0.4, 0.5) is 0 Å². The Kier molecular flexibility index (Phi) is 5.24. The molecule has 0 spiro atoms. The third-order valence-electron chi connectivity index (χ3n) is 6.29. The summed E-state index contributed by atoms with van der Waals surface area (Å²) in [5.41, 5.74) is 2.88. The number of furan rings is 1. The zero-order chi connectivity index (χ0) is 19.0. The van der Waals surface area contributed by atoms with E-state index >= 15 is 0 Å². The van der Waals surface area contributed by atoms with Gasteiger partial charge in [-0.25, -0.2) is 0 Å². The van der Waals surface area contributed by atoms with Crippen LogP contribution in [-0.2, 0) is 0 Å². The van der Waals surface area contributed by atoms with E-state index in [0.29, 0.717) is 11.8 Å². The van der Waals surface area contributed by atoms with Crippen molar-refractivity contribution >= 4 is 16.9 Å². The number of nitrogens with one attached hydrogen (secondary N) is 1. The second-order valence-corrected chi connectivity index (χ2v) is 8.40. The Morgan fingerprint density at radius 2 is 1.93 bits per heavy atom. The number of rotatable bonds is 3. The van der Waals surface area contributed by atoms with Gasteiger partial charge in [-0.05, 0) is 77.8 Å². The van der Waals surface area contributed by atoms with Gasteiger partial charge in [-0.1, -0.05) is 12.1 Å². The molecule has 5 heteroatoms. The molecule has 2 aromatic rings. The maximum absolute atomic E-state index is 12.9. The molecule has 4 rings (SSSR count). The Hall–Kier alpha value is -1.85. The topological polar surface area (TPSA) is 48.7 Å². The fraction of sp³-hybridized carbons (Fsp3) is 0.591. The summed E-state index contributed by atoms with van der Waals surface area (Å²) in [5.74, 6) is 0.392. The molecule has 0 bridgehead atoms. The van der Waals surface area contributed by atoms with Gasteiger partial charge in [-0.2, -0.15) is 0 Å². The van der Waals surface area contributed by atoms with Crippen LogP contribution in [0.5, 0.6) is 0 Å². The number of fused-ring (bicyclic) bond motifs is 1. The van der Waals surface area contributed by atoms with E-state index in [4.69, 9.17) is 4.42 Å². The van der Waals surface area contributed by atoms with Crippen molar-refractivity contribution in [3.8, 4) is 0 Å². The number of benzene rings is 1. The van der Waals surface area contributed by atoms with Crippen LogP contribution < -0.4 is 5.32 Å². The highest BCUT2D eigenvalue weighted by Crippen LogP contribution is 2.27. The third-order valence-corrected chi connectivity index (χ3v) is 6.29. The van der Waals surface area contributed by atoms with Gasteiger partial charge < -0.3 is 14.6 Å². The fourth-order valence-corrected chi connectivity index (χ4v) is 4.62. The van der Waals surface area contributed by atoms with Crippen molar-refractivity contribution in [3.63, 3.8) is 0 Å². The molecule has 5 nitrogen and oxygen atoms in total. The van der Waals surface area contributed by atoms with Gasteiger partial charge in [-0.15, -0.1) is 0 Å². The number of hydrogen-bond donors (Lipinski definition) is 1. The molecular formula is C22H31N3O2.